The average Bonchev–Trinajstić information content (AvgIpc) is 2.71. The van der Waals surface area contributed by atoms with Crippen LogP contribution < -0.4 is 5.73 Å². The molecule has 0 radical (unpaired) electrons. The highest BCUT2D eigenvalue weighted by Crippen LogP contribution is 2.28. The molecule has 0 saturated heterocycles. The van der Waals surface area contributed by atoms with Crippen molar-refractivity contribution in [2.45, 2.75) is 13.8 Å². The van der Waals surface area contributed by atoms with Gasteiger partial charge in [0.05, 0.1) is 17.1 Å². The van der Waals surface area contributed by atoms with Crippen LogP contribution >= 0.6 is 12.2 Å². The van der Waals surface area contributed by atoms with E-state index in [0.717, 1.165) is 11.1 Å². The fourth-order valence-corrected chi connectivity index (χ4v) is 2.78. The maximum Gasteiger partial charge on any atom is 0.122 e. The summed E-state index contributed by atoms with van der Waals surface area (Å²) in [5.41, 5.74) is 9.18. The minimum atomic E-state index is -0.0371. The minimum Gasteiger partial charge on any atom is -0.388 e. The van der Waals surface area contributed by atoms with Gasteiger partial charge < -0.3 is 5.73 Å². The highest BCUT2D eigenvalue weighted by Gasteiger charge is 2.23. The molecule has 0 aliphatic rings. The Labute approximate surface area is 165 Å². The third kappa shape index (κ3) is 4.71. The molecule has 1 aromatic heterocycles. The van der Waals surface area contributed by atoms with Gasteiger partial charge in [0.2, 0.25) is 0 Å². The zero-order valence-corrected chi connectivity index (χ0v) is 16.2. The summed E-state index contributed by atoms with van der Waals surface area (Å²) in [6.45, 7) is 3.81. The van der Waals surface area contributed by atoms with Crippen LogP contribution in [0.1, 0.15) is 25.1 Å². The van der Waals surface area contributed by atoms with Crippen LogP contribution in [-0.4, -0.2) is 21.4 Å². The fourth-order valence-electron chi connectivity index (χ4n) is 2.68. The Kier molecular flexibility index (Phi) is 7.08. The number of pyridine rings is 1. The molecule has 0 saturated carbocycles. The second-order valence-corrected chi connectivity index (χ2v) is 6.13. The number of thiocarbonyl (C=S) groups is 1. The summed E-state index contributed by atoms with van der Waals surface area (Å²) in [4.78, 5) is 4.36. The summed E-state index contributed by atoms with van der Waals surface area (Å²) in [6.07, 6.45) is 7.36. The predicted molar refractivity (Wildman–Crippen MR) is 118 cm³/mol. The topological polar surface area (TPSA) is 86.6 Å². The lowest BCUT2D eigenvalue weighted by molar-refractivity contribution is 1.27. The molecular weight excluding hydrogens is 352 g/mol. The maximum atomic E-state index is 8.87. The van der Waals surface area contributed by atoms with Crippen molar-refractivity contribution >= 4 is 34.2 Å². The van der Waals surface area contributed by atoms with Gasteiger partial charge in [0.25, 0.3) is 0 Å². The number of rotatable bonds is 7. The van der Waals surface area contributed by atoms with E-state index in [2.05, 4.69) is 4.98 Å². The molecule has 0 fully saturated rings. The first-order chi connectivity index (χ1) is 13.0. The summed E-state index contributed by atoms with van der Waals surface area (Å²) < 4.78 is 0. The van der Waals surface area contributed by atoms with Crippen LogP contribution in [0.5, 0.6) is 0 Å². The minimum absolute atomic E-state index is 0.0109. The number of nitrogens with two attached hydrogens (primary N) is 1. The average molecular weight is 375 g/mol. The van der Waals surface area contributed by atoms with E-state index in [0.29, 0.717) is 16.8 Å². The second-order valence-electron chi connectivity index (χ2n) is 5.69. The molecule has 1 aromatic carbocycles. The van der Waals surface area contributed by atoms with Crippen molar-refractivity contribution in [2.24, 2.45) is 5.73 Å². The van der Waals surface area contributed by atoms with Gasteiger partial charge in [-0.3, -0.25) is 15.8 Å². The van der Waals surface area contributed by atoms with E-state index in [4.69, 9.17) is 28.8 Å². The van der Waals surface area contributed by atoms with Crippen LogP contribution in [0.15, 0.2) is 84.1 Å². The molecule has 0 spiro atoms. The van der Waals surface area contributed by atoms with E-state index in [9.17, 15) is 0 Å². The third-order valence-corrected chi connectivity index (χ3v) is 4.13. The lowest BCUT2D eigenvalue weighted by Gasteiger charge is -2.18. The van der Waals surface area contributed by atoms with E-state index >= 15 is 0 Å². The van der Waals surface area contributed by atoms with Crippen LogP contribution in [0.4, 0.5) is 0 Å². The molecule has 2 aromatic rings. The third-order valence-electron chi connectivity index (χ3n) is 3.93. The van der Waals surface area contributed by atoms with E-state index in [-0.39, 0.29) is 16.4 Å². The normalized spacial score (nSPS) is 12.6. The van der Waals surface area contributed by atoms with Gasteiger partial charge in [-0.2, -0.15) is 0 Å². The number of benzene rings is 1. The van der Waals surface area contributed by atoms with E-state index in [1.54, 1.807) is 18.3 Å². The molecule has 136 valence electrons. The van der Waals surface area contributed by atoms with Crippen molar-refractivity contribution in [1.29, 1.82) is 10.8 Å². The van der Waals surface area contributed by atoms with E-state index in [1.165, 1.54) is 0 Å². The fraction of sp³-hybridized carbons (Fsp3) is 0.0909. The van der Waals surface area contributed by atoms with Crippen molar-refractivity contribution in [2.75, 3.05) is 0 Å². The smallest absolute Gasteiger partial charge is 0.122 e. The van der Waals surface area contributed by atoms with Crippen molar-refractivity contribution in [1.82, 2.24) is 4.98 Å². The molecule has 0 atom stereocenters. The standard InChI is InChI=1S/C22H22N4S/c1-3-10-15(4-2)18(20(23)16-11-6-5-7-12-16)19(21(24)22(25)27)17-13-8-9-14-26-17/h3-14,23-24H,1-2H3,(H2,25,27)/b10-3-,15-4+,19-18-,23-20?,24-21?. The summed E-state index contributed by atoms with van der Waals surface area (Å²) >= 11 is 5.09. The second kappa shape index (κ2) is 9.50. The Morgan fingerprint density at radius 3 is 2.22 bits per heavy atom. The van der Waals surface area contributed by atoms with Crippen molar-refractivity contribution < 1.29 is 0 Å². The molecule has 0 bridgehead atoms. The van der Waals surface area contributed by atoms with Crippen LogP contribution in [-0.2, 0) is 0 Å². The summed E-state index contributed by atoms with van der Waals surface area (Å²) in [5, 5.41) is 17.4. The summed E-state index contributed by atoms with van der Waals surface area (Å²) in [5.74, 6) is 0. The first-order valence-electron chi connectivity index (χ1n) is 8.49. The molecule has 0 unspecified atom stereocenters. The lowest BCUT2D eigenvalue weighted by atomic mass is 9.87. The largest absolute Gasteiger partial charge is 0.388 e. The SMILES string of the molecule is C\C=C/C(=C\C)C(/C(=N)c1ccccc1)=C(/C(=N)C(N)=S)c1ccccn1. The molecule has 2 rings (SSSR count). The lowest BCUT2D eigenvalue weighted by Crippen LogP contribution is -2.24. The van der Waals surface area contributed by atoms with Gasteiger partial charge in [-0.25, -0.2) is 0 Å². The molecule has 0 aliphatic carbocycles. The Morgan fingerprint density at radius 2 is 1.70 bits per heavy atom. The van der Waals surface area contributed by atoms with Gasteiger partial charge in [-0.15, -0.1) is 0 Å². The highest BCUT2D eigenvalue weighted by atomic mass is 32.1. The molecule has 1 heterocycles. The zero-order chi connectivity index (χ0) is 19.8. The number of aromatic nitrogens is 1. The molecule has 5 heteroatoms. The Bertz CT molecular complexity index is 939. The monoisotopic (exact) mass is 374 g/mol. The molecule has 0 amide bonds. The van der Waals surface area contributed by atoms with E-state index in [1.807, 2.05) is 68.5 Å². The van der Waals surface area contributed by atoms with Crippen LogP contribution in [0, 0.1) is 10.8 Å². The molecule has 4 N–H and O–H groups in total. The van der Waals surface area contributed by atoms with Crippen molar-refractivity contribution in [3.63, 3.8) is 0 Å². The van der Waals surface area contributed by atoms with Crippen molar-refractivity contribution in [3.05, 3.63) is 95.4 Å². The molecule has 4 nitrogen and oxygen atoms in total. The van der Waals surface area contributed by atoms with Crippen LogP contribution in [0.2, 0.25) is 0 Å². The first-order valence-corrected chi connectivity index (χ1v) is 8.90. The molecule has 0 aliphatic heterocycles. The Hall–Kier alpha value is -3.18. The van der Waals surface area contributed by atoms with Gasteiger partial charge in [-0.05, 0) is 31.6 Å². The summed E-state index contributed by atoms with van der Waals surface area (Å²) in [6, 6.07) is 14.8. The van der Waals surface area contributed by atoms with Gasteiger partial charge in [0.1, 0.15) is 4.99 Å². The Morgan fingerprint density at radius 1 is 1.04 bits per heavy atom. The Balaban J connectivity index is 2.89. The molecule has 27 heavy (non-hydrogen) atoms. The van der Waals surface area contributed by atoms with Gasteiger partial charge in [0.15, 0.2) is 0 Å². The zero-order valence-electron chi connectivity index (χ0n) is 15.4. The number of allylic oxidation sites excluding steroid dienone is 5. The number of hydrogen-bond acceptors (Lipinski definition) is 4. The van der Waals surface area contributed by atoms with Gasteiger partial charge >= 0.3 is 0 Å². The van der Waals surface area contributed by atoms with Gasteiger partial charge in [-0.1, -0.05) is 66.8 Å². The highest BCUT2D eigenvalue weighted by molar-refractivity contribution is 7.82. The quantitative estimate of drug-likeness (QED) is 0.372. The number of nitrogens with zero attached hydrogens (tertiary/aromatic N) is 1. The first kappa shape index (κ1) is 20.1. The summed E-state index contributed by atoms with van der Waals surface area (Å²) in [7, 11) is 0. The molecular formula is C22H22N4S. The maximum absolute atomic E-state index is 8.87. The van der Waals surface area contributed by atoms with E-state index < -0.39 is 0 Å². The predicted octanol–water partition coefficient (Wildman–Crippen LogP) is 4.73. The number of nitrogens with one attached hydrogen (secondary N) is 2. The number of hydrogen-bond donors (Lipinski definition) is 3. The van der Waals surface area contributed by atoms with Crippen LogP contribution in [0.25, 0.3) is 5.57 Å². The van der Waals surface area contributed by atoms with Gasteiger partial charge in [0, 0.05) is 22.9 Å². The van der Waals surface area contributed by atoms with Crippen LogP contribution in [0.3, 0.4) is 0 Å². The van der Waals surface area contributed by atoms with Crippen molar-refractivity contribution in [3.8, 4) is 0 Å².